The quantitative estimate of drug-likeness (QED) is 0.851. The number of benzene rings is 1. The normalized spacial score (nSPS) is 20.9. The summed E-state index contributed by atoms with van der Waals surface area (Å²) in [7, 11) is 4.32. The molecule has 0 bridgehead atoms. The van der Waals surface area contributed by atoms with Crippen LogP contribution in [-0.4, -0.2) is 43.1 Å². The smallest absolute Gasteiger partial charge is 0.0340 e. The molecule has 1 aromatic carbocycles. The van der Waals surface area contributed by atoms with Crippen molar-refractivity contribution in [3.63, 3.8) is 0 Å². The molecule has 1 fully saturated rings. The van der Waals surface area contributed by atoms with Gasteiger partial charge in [0.1, 0.15) is 0 Å². The molecule has 1 heterocycles. The summed E-state index contributed by atoms with van der Waals surface area (Å²) in [4.78, 5) is 2.53. The third-order valence-electron chi connectivity index (χ3n) is 3.93. The van der Waals surface area contributed by atoms with E-state index in [4.69, 9.17) is 0 Å². The Labute approximate surface area is 129 Å². The number of nitrogens with zero attached hydrogens (tertiary/aromatic N) is 1. The summed E-state index contributed by atoms with van der Waals surface area (Å²) < 4.78 is 1.20. The van der Waals surface area contributed by atoms with E-state index in [1.165, 1.54) is 28.0 Å². The molecule has 0 aliphatic carbocycles. The first kappa shape index (κ1) is 15.4. The molecule has 0 aromatic heterocycles. The molecule has 0 spiro atoms. The topological polar surface area (TPSA) is 15.3 Å². The van der Waals surface area contributed by atoms with E-state index in [2.05, 4.69) is 76.3 Å². The van der Waals surface area contributed by atoms with Crippen molar-refractivity contribution in [3.05, 3.63) is 34.3 Å². The molecule has 19 heavy (non-hydrogen) atoms. The average molecular weight is 343 g/mol. The Morgan fingerprint density at radius 3 is 2.89 bits per heavy atom. The highest BCUT2D eigenvalue weighted by Gasteiger charge is 2.21. The second-order valence-corrected chi connectivity index (χ2v) is 7.15. The fourth-order valence-electron chi connectivity index (χ4n) is 2.60. The average Bonchev–Trinajstić information content (AvgIpc) is 2.95. The minimum Gasteiger partial charge on any atom is -0.313 e. The lowest BCUT2D eigenvalue weighted by Crippen LogP contribution is -2.34. The van der Waals surface area contributed by atoms with Crippen LogP contribution in [0.4, 0.5) is 0 Å². The van der Waals surface area contributed by atoms with Gasteiger partial charge in [0.2, 0.25) is 0 Å². The Bertz CT molecular complexity index is 393. The van der Waals surface area contributed by atoms with Gasteiger partial charge < -0.3 is 10.2 Å². The first-order valence-corrected chi connectivity index (χ1v) is 8.87. The van der Waals surface area contributed by atoms with Crippen molar-refractivity contribution in [3.8, 4) is 0 Å². The zero-order valence-corrected chi connectivity index (χ0v) is 14.1. The highest BCUT2D eigenvalue weighted by molar-refractivity contribution is 9.10. The van der Waals surface area contributed by atoms with E-state index in [1.54, 1.807) is 0 Å². The van der Waals surface area contributed by atoms with Gasteiger partial charge in [-0.2, -0.15) is 11.8 Å². The number of hydrogen-bond donors (Lipinski definition) is 1. The number of hydrogen-bond acceptors (Lipinski definition) is 3. The van der Waals surface area contributed by atoms with Crippen molar-refractivity contribution in [2.75, 3.05) is 32.1 Å². The number of nitrogens with one attached hydrogen (secondary N) is 1. The van der Waals surface area contributed by atoms with E-state index in [0.717, 1.165) is 19.0 Å². The van der Waals surface area contributed by atoms with E-state index in [0.29, 0.717) is 6.04 Å². The van der Waals surface area contributed by atoms with Crippen LogP contribution in [0.25, 0.3) is 0 Å². The Balaban J connectivity index is 1.90. The lowest BCUT2D eigenvalue weighted by atomic mass is 10.0. The SMILES string of the molecule is CNC(CCN(C)C1CCSC1)c1ccccc1Br. The van der Waals surface area contributed by atoms with Crippen molar-refractivity contribution in [1.82, 2.24) is 10.2 Å². The summed E-state index contributed by atoms with van der Waals surface area (Å²) >= 11 is 5.74. The molecule has 0 radical (unpaired) electrons. The Hall–Kier alpha value is -0.0300. The van der Waals surface area contributed by atoms with E-state index in [9.17, 15) is 0 Å². The van der Waals surface area contributed by atoms with Crippen LogP contribution in [-0.2, 0) is 0 Å². The van der Waals surface area contributed by atoms with E-state index >= 15 is 0 Å². The maximum atomic E-state index is 3.65. The first-order valence-electron chi connectivity index (χ1n) is 6.92. The summed E-state index contributed by atoms with van der Waals surface area (Å²) in [6.07, 6.45) is 2.50. The molecule has 2 nitrogen and oxygen atoms in total. The van der Waals surface area contributed by atoms with Crippen molar-refractivity contribution < 1.29 is 0 Å². The minimum atomic E-state index is 0.423. The van der Waals surface area contributed by atoms with Crippen molar-refractivity contribution in [2.24, 2.45) is 0 Å². The van der Waals surface area contributed by atoms with Gasteiger partial charge in [0, 0.05) is 22.3 Å². The first-order chi connectivity index (χ1) is 9.22. The Morgan fingerprint density at radius 2 is 2.26 bits per heavy atom. The standard InChI is InChI=1S/C15H23BrN2S/c1-17-15(13-5-3-4-6-14(13)16)7-9-18(2)12-8-10-19-11-12/h3-6,12,15,17H,7-11H2,1-2H3. The molecule has 1 saturated heterocycles. The van der Waals surface area contributed by atoms with Gasteiger partial charge in [-0.05, 0) is 50.9 Å². The summed E-state index contributed by atoms with van der Waals surface area (Å²) in [6, 6.07) is 9.71. The van der Waals surface area contributed by atoms with Crippen LogP contribution in [0, 0.1) is 0 Å². The number of thioether (sulfide) groups is 1. The van der Waals surface area contributed by atoms with Gasteiger partial charge in [0.25, 0.3) is 0 Å². The molecule has 1 aliphatic rings. The lowest BCUT2D eigenvalue weighted by molar-refractivity contribution is 0.248. The predicted molar refractivity (Wildman–Crippen MR) is 88.9 cm³/mol. The predicted octanol–water partition coefficient (Wildman–Crippen LogP) is 3.54. The van der Waals surface area contributed by atoms with E-state index in [1.807, 2.05) is 0 Å². The van der Waals surface area contributed by atoms with Crippen molar-refractivity contribution >= 4 is 27.7 Å². The Kier molecular flexibility index (Phi) is 6.20. The van der Waals surface area contributed by atoms with E-state index < -0.39 is 0 Å². The molecule has 4 heteroatoms. The molecule has 1 aromatic rings. The molecule has 2 unspecified atom stereocenters. The van der Waals surface area contributed by atoms with Gasteiger partial charge in [-0.25, -0.2) is 0 Å². The summed E-state index contributed by atoms with van der Waals surface area (Å²) in [5.74, 6) is 2.63. The molecule has 106 valence electrons. The van der Waals surface area contributed by atoms with Crippen LogP contribution < -0.4 is 5.32 Å². The van der Waals surface area contributed by atoms with Crippen molar-refractivity contribution in [1.29, 1.82) is 0 Å². The maximum Gasteiger partial charge on any atom is 0.0340 e. The van der Waals surface area contributed by atoms with Gasteiger partial charge in [-0.15, -0.1) is 0 Å². The van der Waals surface area contributed by atoms with Crippen LogP contribution >= 0.6 is 27.7 Å². The highest BCUT2D eigenvalue weighted by Crippen LogP contribution is 2.26. The summed E-state index contributed by atoms with van der Waals surface area (Å²) in [5.41, 5.74) is 1.36. The molecular formula is C15H23BrN2S. The van der Waals surface area contributed by atoms with Gasteiger partial charge >= 0.3 is 0 Å². The molecule has 1 aliphatic heterocycles. The van der Waals surface area contributed by atoms with Gasteiger partial charge in [0.15, 0.2) is 0 Å². The van der Waals surface area contributed by atoms with Gasteiger partial charge in [-0.1, -0.05) is 34.1 Å². The summed E-state index contributed by atoms with van der Waals surface area (Å²) in [5, 5.41) is 3.44. The minimum absolute atomic E-state index is 0.423. The molecule has 0 saturated carbocycles. The van der Waals surface area contributed by atoms with Crippen LogP contribution in [0.3, 0.4) is 0 Å². The van der Waals surface area contributed by atoms with Gasteiger partial charge in [0.05, 0.1) is 0 Å². The third-order valence-corrected chi connectivity index (χ3v) is 5.80. The Morgan fingerprint density at radius 1 is 1.47 bits per heavy atom. The van der Waals surface area contributed by atoms with Gasteiger partial charge in [-0.3, -0.25) is 0 Å². The molecule has 0 amide bonds. The zero-order chi connectivity index (χ0) is 13.7. The van der Waals surface area contributed by atoms with Crippen molar-refractivity contribution in [2.45, 2.75) is 24.9 Å². The number of halogens is 1. The molecule has 1 N–H and O–H groups in total. The van der Waals surface area contributed by atoms with Crippen LogP contribution in [0.1, 0.15) is 24.4 Å². The molecule has 2 atom stereocenters. The third kappa shape index (κ3) is 4.22. The lowest BCUT2D eigenvalue weighted by Gasteiger charge is -2.26. The second-order valence-electron chi connectivity index (χ2n) is 5.15. The number of rotatable bonds is 6. The highest BCUT2D eigenvalue weighted by atomic mass is 79.9. The zero-order valence-electron chi connectivity index (χ0n) is 11.7. The monoisotopic (exact) mass is 342 g/mol. The van der Waals surface area contributed by atoms with Crippen LogP contribution in [0.2, 0.25) is 0 Å². The molecular weight excluding hydrogens is 320 g/mol. The fourth-order valence-corrected chi connectivity index (χ4v) is 4.46. The fraction of sp³-hybridized carbons (Fsp3) is 0.600. The van der Waals surface area contributed by atoms with E-state index in [-0.39, 0.29) is 0 Å². The maximum absolute atomic E-state index is 3.65. The summed E-state index contributed by atoms with van der Waals surface area (Å²) in [6.45, 7) is 1.15. The molecule has 2 rings (SSSR count). The largest absolute Gasteiger partial charge is 0.313 e. The van der Waals surface area contributed by atoms with Crippen LogP contribution in [0.5, 0.6) is 0 Å². The van der Waals surface area contributed by atoms with Crippen LogP contribution in [0.15, 0.2) is 28.7 Å². The second kappa shape index (κ2) is 7.67.